The number of aryl methyl sites for hydroxylation is 1. The van der Waals surface area contributed by atoms with E-state index in [2.05, 4.69) is 9.97 Å². The Balaban J connectivity index is 1.32. The second kappa shape index (κ2) is 10.0. The first-order valence-corrected chi connectivity index (χ1v) is 12.4. The lowest BCUT2D eigenvalue weighted by molar-refractivity contribution is 0.0624. The van der Waals surface area contributed by atoms with Gasteiger partial charge >= 0.3 is 0 Å². The molecule has 2 atom stereocenters. The van der Waals surface area contributed by atoms with E-state index >= 15 is 0 Å². The van der Waals surface area contributed by atoms with Crippen molar-refractivity contribution in [3.63, 3.8) is 0 Å². The molecule has 3 aliphatic carbocycles. The number of hydrogen-bond donors (Lipinski definition) is 0. The van der Waals surface area contributed by atoms with Crippen LogP contribution in [0.2, 0.25) is 0 Å². The molecular weight excluding hydrogens is 427 g/mol. The zero-order valence-corrected chi connectivity index (χ0v) is 19.6. The third-order valence-electron chi connectivity index (χ3n) is 7.46. The molecule has 0 aliphatic heterocycles. The third-order valence-corrected chi connectivity index (χ3v) is 7.46. The van der Waals surface area contributed by atoms with Crippen LogP contribution in [0, 0.1) is 36.4 Å². The molecule has 0 spiro atoms. The van der Waals surface area contributed by atoms with Crippen molar-refractivity contribution in [1.82, 2.24) is 9.97 Å². The molecule has 2 aromatic carbocycles. The van der Waals surface area contributed by atoms with Gasteiger partial charge in [-0.1, -0.05) is 17.7 Å². The molecule has 2 unspecified atom stereocenters. The van der Waals surface area contributed by atoms with E-state index in [1.54, 1.807) is 30.6 Å². The van der Waals surface area contributed by atoms with Crippen LogP contribution in [0.25, 0.3) is 11.4 Å². The number of hydrogen-bond acceptors (Lipinski definition) is 4. The standard InChI is InChI=1S/C29H31FN2O2/c1-19-3-8-26(29-31-10-2-11-32-29)27(13-19)28(33)23-17-20(14-21-15-22(16-21)18-23)9-12-34-25-6-4-24(30)5-7-25/h2-8,10-11,13,20-23H,9,12,14-18H2,1H3. The first kappa shape index (κ1) is 22.7. The largest absolute Gasteiger partial charge is 0.494 e. The van der Waals surface area contributed by atoms with Crippen molar-refractivity contribution in [1.29, 1.82) is 0 Å². The molecule has 3 saturated carbocycles. The van der Waals surface area contributed by atoms with Crippen molar-refractivity contribution in [2.45, 2.75) is 45.4 Å². The van der Waals surface area contributed by atoms with E-state index in [0.29, 0.717) is 30.0 Å². The Morgan fingerprint density at radius 2 is 1.71 bits per heavy atom. The molecule has 34 heavy (non-hydrogen) atoms. The monoisotopic (exact) mass is 458 g/mol. The molecule has 1 heterocycles. The molecule has 0 saturated heterocycles. The van der Waals surface area contributed by atoms with Crippen LogP contribution in [0.15, 0.2) is 60.9 Å². The maximum atomic E-state index is 13.9. The number of fused-ring (bicyclic) bond motifs is 4. The van der Waals surface area contributed by atoms with E-state index < -0.39 is 0 Å². The second-order valence-corrected chi connectivity index (χ2v) is 10.1. The normalized spacial score (nSPS) is 23.9. The number of aromatic nitrogens is 2. The summed E-state index contributed by atoms with van der Waals surface area (Å²) in [7, 11) is 0. The van der Waals surface area contributed by atoms with Crippen molar-refractivity contribution in [2.24, 2.45) is 23.7 Å². The summed E-state index contributed by atoms with van der Waals surface area (Å²) in [5, 5.41) is 0. The van der Waals surface area contributed by atoms with Crippen molar-refractivity contribution in [2.75, 3.05) is 6.61 Å². The summed E-state index contributed by atoms with van der Waals surface area (Å²) in [6, 6.07) is 14.0. The van der Waals surface area contributed by atoms with E-state index in [1.165, 1.54) is 25.0 Å². The molecule has 6 rings (SSSR count). The Morgan fingerprint density at radius 3 is 2.47 bits per heavy atom. The number of nitrogens with zero attached hydrogens (tertiary/aromatic N) is 2. The Hall–Kier alpha value is -3.08. The Bertz CT molecular complexity index is 1130. The van der Waals surface area contributed by atoms with Gasteiger partial charge in [0.05, 0.1) is 6.61 Å². The highest BCUT2D eigenvalue weighted by Gasteiger charge is 2.39. The molecular formula is C29H31FN2O2. The van der Waals surface area contributed by atoms with Crippen molar-refractivity contribution in [3.05, 3.63) is 77.9 Å². The van der Waals surface area contributed by atoms with Crippen LogP contribution in [0.4, 0.5) is 4.39 Å². The number of halogens is 1. The van der Waals surface area contributed by atoms with Gasteiger partial charge in [-0.3, -0.25) is 4.79 Å². The minimum absolute atomic E-state index is 0.00586. The van der Waals surface area contributed by atoms with E-state index in [9.17, 15) is 9.18 Å². The van der Waals surface area contributed by atoms with Gasteiger partial charge in [0, 0.05) is 29.4 Å². The maximum absolute atomic E-state index is 13.9. The molecule has 3 aromatic rings. The molecule has 4 nitrogen and oxygen atoms in total. The van der Waals surface area contributed by atoms with Crippen molar-refractivity contribution < 1.29 is 13.9 Å². The van der Waals surface area contributed by atoms with E-state index in [0.717, 1.165) is 48.3 Å². The van der Waals surface area contributed by atoms with Crippen LogP contribution in [0.1, 0.15) is 54.4 Å². The topological polar surface area (TPSA) is 52.1 Å². The van der Waals surface area contributed by atoms with Gasteiger partial charge in [-0.2, -0.15) is 0 Å². The number of Topliss-reactive ketones (excluding diaryl/α,β-unsaturated/α-hetero) is 1. The fourth-order valence-corrected chi connectivity index (χ4v) is 5.77. The van der Waals surface area contributed by atoms with Crippen LogP contribution in [0.3, 0.4) is 0 Å². The van der Waals surface area contributed by atoms with Crippen LogP contribution < -0.4 is 4.74 Å². The van der Waals surface area contributed by atoms with Gasteiger partial charge in [0.2, 0.25) is 0 Å². The summed E-state index contributed by atoms with van der Waals surface area (Å²) >= 11 is 0. The van der Waals surface area contributed by atoms with Gasteiger partial charge in [-0.25, -0.2) is 14.4 Å². The number of carbonyl (C=O) groups excluding carboxylic acids is 1. The summed E-state index contributed by atoms with van der Waals surface area (Å²) in [6.07, 6.45) is 9.84. The van der Waals surface area contributed by atoms with Crippen LogP contribution in [0.5, 0.6) is 5.75 Å². The summed E-state index contributed by atoms with van der Waals surface area (Å²) < 4.78 is 19.0. The summed E-state index contributed by atoms with van der Waals surface area (Å²) in [6.45, 7) is 2.61. The van der Waals surface area contributed by atoms with Crippen LogP contribution in [-0.4, -0.2) is 22.4 Å². The highest BCUT2D eigenvalue weighted by Crippen LogP contribution is 2.47. The van der Waals surface area contributed by atoms with Crippen LogP contribution in [-0.2, 0) is 0 Å². The van der Waals surface area contributed by atoms with Gasteiger partial charge in [0.1, 0.15) is 11.6 Å². The lowest BCUT2D eigenvalue weighted by Gasteiger charge is -2.43. The highest BCUT2D eigenvalue weighted by atomic mass is 19.1. The average molecular weight is 459 g/mol. The highest BCUT2D eigenvalue weighted by molar-refractivity contribution is 6.03. The lowest BCUT2D eigenvalue weighted by atomic mass is 9.62. The minimum atomic E-state index is -0.260. The number of benzene rings is 2. The lowest BCUT2D eigenvalue weighted by Crippen LogP contribution is -2.35. The van der Waals surface area contributed by atoms with Gasteiger partial charge in [0.15, 0.2) is 11.6 Å². The first-order valence-electron chi connectivity index (χ1n) is 12.4. The minimum Gasteiger partial charge on any atom is -0.494 e. The predicted octanol–water partition coefficient (Wildman–Crippen LogP) is 6.69. The molecule has 176 valence electrons. The van der Waals surface area contributed by atoms with Crippen LogP contribution >= 0.6 is 0 Å². The number of ketones is 1. The second-order valence-electron chi connectivity index (χ2n) is 10.1. The van der Waals surface area contributed by atoms with Gasteiger partial charge < -0.3 is 4.74 Å². The van der Waals surface area contributed by atoms with Crippen molar-refractivity contribution in [3.8, 4) is 17.1 Å². The van der Waals surface area contributed by atoms with E-state index in [4.69, 9.17) is 4.74 Å². The molecule has 3 aliphatic rings. The quantitative estimate of drug-likeness (QED) is 0.370. The summed E-state index contributed by atoms with van der Waals surface area (Å²) in [5.41, 5.74) is 2.64. The van der Waals surface area contributed by atoms with E-state index in [-0.39, 0.29) is 17.5 Å². The molecule has 0 radical (unpaired) electrons. The molecule has 2 bridgehead atoms. The Kier molecular flexibility index (Phi) is 6.70. The SMILES string of the molecule is Cc1ccc(-c2ncccn2)c(C(=O)C2CC(CCOc3ccc(F)cc3)CC3CC(C3)C2)c1. The number of rotatable bonds is 7. The summed E-state index contributed by atoms with van der Waals surface area (Å²) in [4.78, 5) is 22.7. The molecule has 1 aromatic heterocycles. The third kappa shape index (κ3) is 5.19. The van der Waals surface area contributed by atoms with Gasteiger partial charge in [-0.15, -0.1) is 0 Å². The molecule has 3 fully saturated rings. The van der Waals surface area contributed by atoms with Crippen molar-refractivity contribution >= 4 is 5.78 Å². The fourth-order valence-electron chi connectivity index (χ4n) is 5.77. The summed E-state index contributed by atoms with van der Waals surface area (Å²) in [5.74, 6) is 3.15. The first-order chi connectivity index (χ1) is 16.5. The maximum Gasteiger partial charge on any atom is 0.166 e. The zero-order chi connectivity index (χ0) is 23.5. The Morgan fingerprint density at radius 1 is 0.971 bits per heavy atom. The fraction of sp³-hybridized carbons (Fsp3) is 0.414. The van der Waals surface area contributed by atoms with Gasteiger partial charge in [0.25, 0.3) is 0 Å². The smallest absolute Gasteiger partial charge is 0.166 e. The zero-order valence-electron chi connectivity index (χ0n) is 19.6. The Labute approximate surface area is 200 Å². The molecule has 0 N–H and O–H groups in total. The molecule has 0 amide bonds. The average Bonchev–Trinajstić information content (AvgIpc) is 2.80. The van der Waals surface area contributed by atoms with Gasteiger partial charge in [-0.05, 0) is 99.6 Å². The number of ether oxygens (including phenoxy) is 1. The predicted molar refractivity (Wildman–Crippen MR) is 130 cm³/mol. The van der Waals surface area contributed by atoms with E-state index in [1.807, 2.05) is 25.1 Å². The molecule has 5 heteroatoms. The number of carbonyl (C=O) groups is 1.